The van der Waals surface area contributed by atoms with Crippen molar-refractivity contribution < 1.29 is 22.5 Å². The SMILES string of the molecule is CCc1cc(C(=O)N2CCCC([C@@H]3C[C@H](C(F)(F)F)n4nc(C)cc4N3)C2)on1. The van der Waals surface area contributed by atoms with E-state index >= 15 is 0 Å². The molecule has 1 amide bonds. The van der Waals surface area contributed by atoms with E-state index in [1.54, 1.807) is 24.0 Å². The Bertz CT molecular complexity index is 891. The van der Waals surface area contributed by atoms with Crippen LogP contribution in [-0.2, 0) is 6.42 Å². The van der Waals surface area contributed by atoms with Crippen molar-refractivity contribution >= 4 is 11.7 Å². The van der Waals surface area contributed by atoms with Gasteiger partial charge in [-0.15, -0.1) is 0 Å². The zero-order chi connectivity index (χ0) is 20.8. The lowest BCUT2D eigenvalue weighted by molar-refractivity contribution is -0.174. The van der Waals surface area contributed by atoms with E-state index in [9.17, 15) is 18.0 Å². The van der Waals surface area contributed by atoms with Crippen LogP contribution in [0.3, 0.4) is 0 Å². The maximum atomic E-state index is 13.7. The Morgan fingerprint density at radius 1 is 1.38 bits per heavy atom. The van der Waals surface area contributed by atoms with Crippen LogP contribution in [0, 0.1) is 12.8 Å². The van der Waals surface area contributed by atoms with Crippen LogP contribution in [0.2, 0.25) is 0 Å². The maximum Gasteiger partial charge on any atom is 0.410 e. The molecule has 1 fully saturated rings. The first kappa shape index (κ1) is 19.8. The molecule has 0 saturated carbocycles. The lowest BCUT2D eigenvalue weighted by Crippen LogP contribution is -2.49. The summed E-state index contributed by atoms with van der Waals surface area (Å²) in [5.74, 6) is 0.217. The number of aromatic nitrogens is 3. The van der Waals surface area contributed by atoms with E-state index in [2.05, 4.69) is 15.6 Å². The average molecular weight is 411 g/mol. The minimum absolute atomic E-state index is 0.0879. The molecule has 0 aromatic carbocycles. The molecule has 4 heterocycles. The van der Waals surface area contributed by atoms with Crippen LogP contribution in [0.25, 0.3) is 0 Å². The molecular formula is C19H24F3N5O2. The van der Waals surface area contributed by atoms with E-state index in [0.717, 1.165) is 17.5 Å². The summed E-state index contributed by atoms with van der Waals surface area (Å²) in [5, 5.41) is 11.1. The number of piperidine rings is 1. The van der Waals surface area contributed by atoms with E-state index in [-0.39, 0.29) is 30.0 Å². The number of hydrogen-bond donors (Lipinski definition) is 1. The van der Waals surface area contributed by atoms with E-state index < -0.39 is 12.2 Å². The Balaban J connectivity index is 1.51. The summed E-state index contributed by atoms with van der Waals surface area (Å²) < 4.78 is 47.2. The number of fused-ring (bicyclic) bond motifs is 1. The number of nitrogens with one attached hydrogen (secondary N) is 1. The first-order valence-electron chi connectivity index (χ1n) is 9.90. The van der Waals surface area contributed by atoms with E-state index in [1.165, 1.54) is 0 Å². The van der Waals surface area contributed by atoms with Crippen molar-refractivity contribution in [1.82, 2.24) is 19.8 Å². The molecule has 0 aliphatic carbocycles. The normalized spacial score (nSPS) is 24.9. The Kier molecular flexibility index (Phi) is 5.04. The Morgan fingerprint density at radius 3 is 2.86 bits per heavy atom. The predicted molar refractivity (Wildman–Crippen MR) is 98.6 cm³/mol. The van der Waals surface area contributed by atoms with Crippen molar-refractivity contribution in [1.29, 1.82) is 0 Å². The third-order valence-electron chi connectivity index (χ3n) is 5.79. The van der Waals surface area contributed by atoms with Crippen molar-refractivity contribution in [3.63, 3.8) is 0 Å². The highest BCUT2D eigenvalue weighted by Gasteiger charge is 2.48. The quantitative estimate of drug-likeness (QED) is 0.836. The fraction of sp³-hybridized carbons (Fsp3) is 0.632. The number of carbonyl (C=O) groups excluding carboxylic acids is 1. The molecule has 1 unspecified atom stereocenters. The van der Waals surface area contributed by atoms with Gasteiger partial charge in [-0.25, -0.2) is 4.68 Å². The highest BCUT2D eigenvalue weighted by atomic mass is 19.4. The van der Waals surface area contributed by atoms with Gasteiger partial charge in [-0.3, -0.25) is 4.79 Å². The molecule has 10 heteroatoms. The molecule has 2 aliphatic rings. The monoisotopic (exact) mass is 411 g/mol. The fourth-order valence-electron chi connectivity index (χ4n) is 4.29. The van der Waals surface area contributed by atoms with Crippen LogP contribution in [-0.4, -0.2) is 51.1 Å². The molecule has 158 valence electrons. The molecule has 2 aliphatic heterocycles. The lowest BCUT2D eigenvalue weighted by atomic mass is 9.85. The molecule has 4 rings (SSSR count). The number of alkyl halides is 3. The van der Waals surface area contributed by atoms with E-state index in [1.807, 2.05) is 6.92 Å². The van der Waals surface area contributed by atoms with E-state index in [0.29, 0.717) is 36.7 Å². The number of likely N-dealkylation sites (tertiary alicyclic amines) is 1. The highest BCUT2D eigenvalue weighted by Crippen LogP contribution is 2.42. The summed E-state index contributed by atoms with van der Waals surface area (Å²) in [6.45, 7) is 4.54. The molecule has 3 atom stereocenters. The summed E-state index contributed by atoms with van der Waals surface area (Å²) in [6.07, 6.45) is -2.33. The lowest BCUT2D eigenvalue weighted by Gasteiger charge is -2.41. The second-order valence-corrected chi connectivity index (χ2v) is 7.85. The zero-order valence-corrected chi connectivity index (χ0v) is 16.4. The minimum atomic E-state index is -4.38. The molecule has 2 aromatic rings. The predicted octanol–water partition coefficient (Wildman–Crippen LogP) is 3.58. The minimum Gasteiger partial charge on any atom is -0.367 e. The van der Waals surface area contributed by atoms with Crippen LogP contribution < -0.4 is 5.32 Å². The maximum absolute atomic E-state index is 13.7. The summed E-state index contributed by atoms with van der Waals surface area (Å²) in [4.78, 5) is 14.4. The zero-order valence-electron chi connectivity index (χ0n) is 16.4. The molecule has 29 heavy (non-hydrogen) atoms. The number of hydrogen-bond acceptors (Lipinski definition) is 5. The van der Waals surface area contributed by atoms with Crippen LogP contribution in [0.15, 0.2) is 16.7 Å². The standard InChI is InChI=1S/C19H24F3N5O2/c1-3-13-8-15(29-25-13)18(28)26-6-4-5-12(10-26)14-9-16(19(20,21)22)27-17(23-14)7-11(2)24-27/h7-8,12,14,16,23H,3-6,9-10H2,1-2H3/t12?,14-,16+/m0/s1. The number of nitrogens with zero attached hydrogens (tertiary/aromatic N) is 4. The van der Waals surface area contributed by atoms with Crippen LogP contribution >= 0.6 is 0 Å². The van der Waals surface area contributed by atoms with Gasteiger partial charge in [0, 0.05) is 31.3 Å². The Hall–Kier alpha value is -2.52. The first-order chi connectivity index (χ1) is 13.8. The van der Waals surface area contributed by atoms with Gasteiger partial charge in [-0.05, 0) is 38.5 Å². The van der Waals surface area contributed by atoms with Crippen LogP contribution in [0.4, 0.5) is 19.0 Å². The number of aryl methyl sites for hydroxylation is 2. The van der Waals surface area contributed by atoms with E-state index in [4.69, 9.17) is 4.52 Å². The third kappa shape index (κ3) is 3.84. The molecule has 7 nitrogen and oxygen atoms in total. The summed E-state index contributed by atoms with van der Waals surface area (Å²) >= 11 is 0. The van der Waals surface area contributed by atoms with Gasteiger partial charge in [0.2, 0.25) is 5.76 Å². The van der Waals surface area contributed by atoms with Crippen LogP contribution in [0.5, 0.6) is 0 Å². The summed E-state index contributed by atoms with van der Waals surface area (Å²) in [5.41, 5.74) is 1.24. The van der Waals surface area contributed by atoms with Gasteiger partial charge < -0.3 is 14.7 Å². The first-order valence-corrected chi connectivity index (χ1v) is 9.90. The van der Waals surface area contributed by atoms with Gasteiger partial charge in [0.25, 0.3) is 5.91 Å². The third-order valence-corrected chi connectivity index (χ3v) is 5.79. The number of amides is 1. The number of carbonyl (C=O) groups is 1. The Morgan fingerprint density at radius 2 is 2.17 bits per heavy atom. The van der Waals surface area contributed by atoms with Gasteiger partial charge in [-0.1, -0.05) is 12.1 Å². The topological polar surface area (TPSA) is 76.2 Å². The second kappa shape index (κ2) is 7.38. The highest BCUT2D eigenvalue weighted by molar-refractivity contribution is 5.91. The molecule has 0 radical (unpaired) electrons. The second-order valence-electron chi connectivity index (χ2n) is 7.85. The fourth-order valence-corrected chi connectivity index (χ4v) is 4.29. The summed E-state index contributed by atoms with van der Waals surface area (Å²) in [7, 11) is 0. The van der Waals surface area contributed by atoms with Gasteiger partial charge >= 0.3 is 6.18 Å². The van der Waals surface area contributed by atoms with Crippen molar-refractivity contribution in [3.05, 3.63) is 29.3 Å². The van der Waals surface area contributed by atoms with Gasteiger partial charge in [-0.2, -0.15) is 18.3 Å². The number of anilines is 1. The van der Waals surface area contributed by atoms with Crippen LogP contribution in [0.1, 0.15) is 54.2 Å². The van der Waals surface area contributed by atoms with Gasteiger partial charge in [0.05, 0.1) is 11.4 Å². The smallest absolute Gasteiger partial charge is 0.367 e. The van der Waals surface area contributed by atoms with Crippen molar-refractivity contribution in [2.45, 2.75) is 57.8 Å². The van der Waals surface area contributed by atoms with Gasteiger partial charge in [0.1, 0.15) is 5.82 Å². The molecule has 1 N–H and O–H groups in total. The molecule has 0 bridgehead atoms. The van der Waals surface area contributed by atoms with Crippen molar-refractivity contribution in [2.24, 2.45) is 5.92 Å². The molecule has 1 saturated heterocycles. The molecule has 0 spiro atoms. The van der Waals surface area contributed by atoms with Gasteiger partial charge in [0.15, 0.2) is 6.04 Å². The average Bonchev–Trinajstić information content (AvgIpc) is 3.31. The van der Waals surface area contributed by atoms with Crippen molar-refractivity contribution in [3.8, 4) is 0 Å². The largest absolute Gasteiger partial charge is 0.410 e. The number of halogens is 3. The molecule has 2 aromatic heterocycles. The molecular weight excluding hydrogens is 387 g/mol. The van der Waals surface area contributed by atoms with Crippen molar-refractivity contribution in [2.75, 3.05) is 18.4 Å². The summed E-state index contributed by atoms with van der Waals surface area (Å²) in [6, 6.07) is 1.22. The Labute approximate surface area is 166 Å². The number of rotatable bonds is 3.